The minimum atomic E-state index is -4.56. The van der Waals surface area contributed by atoms with E-state index in [0.29, 0.717) is 31.4 Å². The fraction of sp³-hybridized carbons (Fsp3) is 0.537. The number of nitrogens with zero attached hydrogens (tertiary/aromatic N) is 1. The standard InChI is InChI=1S/C41H45F3N2O3/c1-36-14-10-27(47)21-38(36)17-18-40(30(22-38)35(48)25-6-5-7-26(20-25)41(42,43)44)33(36)11-15-37(2)34(40)12-16-39(37,49)24-46-19-13-29-28-8-3-4-9-31(28)45-32(29)23-46/h3-9,17-18,20,22,27,33-34,45,47,49H,10-16,19,21,23-24H2,1-2H3/t27?,33-,34-,36-,37+,38+,39-,40-/m1/s1. The maximum atomic E-state index is 14.7. The molecule has 49 heavy (non-hydrogen) atoms. The van der Waals surface area contributed by atoms with Gasteiger partial charge in [-0.1, -0.05) is 62.4 Å². The van der Waals surface area contributed by atoms with Crippen LogP contribution in [-0.2, 0) is 19.1 Å². The second-order valence-corrected chi connectivity index (χ2v) is 16.8. The van der Waals surface area contributed by atoms with Gasteiger partial charge in [-0.05, 0) is 92.4 Å². The highest BCUT2D eigenvalue weighted by atomic mass is 19.4. The first-order chi connectivity index (χ1) is 23.2. The molecule has 1 unspecified atom stereocenters. The average molecular weight is 671 g/mol. The number of H-pyrrole nitrogens is 1. The average Bonchev–Trinajstić information content (AvgIpc) is 3.57. The summed E-state index contributed by atoms with van der Waals surface area (Å²) in [5.74, 6) is -0.336. The predicted octanol–water partition coefficient (Wildman–Crippen LogP) is 8.02. The summed E-state index contributed by atoms with van der Waals surface area (Å²) in [6.45, 7) is 6.67. The van der Waals surface area contributed by atoms with Gasteiger partial charge in [-0.2, -0.15) is 13.2 Å². The number of alkyl halides is 3. The highest BCUT2D eigenvalue weighted by molar-refractivity contribution is 6.10. The van der Waals surface area contributed by atoms with E-state index in [1.807, 2.05) is 6.07 Å². The molecule has 6 aliphatic carbocycles. The molecular weight excluding hydrogens is 625 g/mol. The highest BCUT2D eigenvalue weighted by Crippen LogP contribution is 2.78. The molecule has 2 heterocycles. The number of aliphatic hydroxyl groups excluding tert-OH is 1. The molecule has 0 saturated heterocycles. The zero-order valence-corrected chi connectivity index (χ0v) is 28.2. The van der Waals surface area contributed by atoms with Gasteiger partial charge in [0.05, 0.1) is 17.3 Å². The lowest BCUT2D eigenvalue weighted by Crippen LogP contribution is -2.67. The Bertz CT molecular complexity index is 1950. The number of aliphatic hydroxyl groups is 2. The van der Waals surface area contributed by atoms with Crippen LogP contribution in [0.1, 0.15) is 86.0 Å². The van der Waals surface area contributed by atoms with Gasteiger partial charge >= 0.3 is 6.18 Å². The van der Waals surface area contributed by atoms with E-state index in [-0.39, 0.29) is 28.6 Å². The number of para-hydroxylation sites is 1. The van der Waals surface area contributed by atoms with Crippen LogP contribution in [0.25, 0.3) is 10.9 Å². The summed E-state index contributed by atoms with van der Waals surface area (Å²) < 4.78 is 41.5. The Morgan fingerprint density at radius 3 is 2.55 bits per heavy atom. The fourth-order valence-electron chi connectivity index (χ4n) is 12.3. The van der Waals surface area contributed by atoms with Crippen molar-refractivity contribution in [3.63, 3.8) is 0 Å². The number of allylic oxidation sites excluding steroid dienone is 4. The van der Waals surface area contributed by atoms with Gasteiger partial charge in [0.1, 0.15) is 0 Å². The first-order valence-corrected chi connectivity index (χ1v) is 18.1. The molecule has 5 nitrogen and oxygen atoms in total. The summed E-state index contributed by atoms with van der Waals surface area (Å²) >= 11 is 0. The zero-order chi connectivity index (χ0) is 34.2. The number of nitrogens with one attached hydrogen (secondary N) is 1. The van der Waals surface area contributed by atoms with Crippen molar-refractivity contribution in [1.29, 1.82) is 0 Å². The van der Waals surface area contributed by atoms with Crippen LogP contribution in [0.5, 0.6) is 0 Å². The van der Waals surface area contributed by atoms with E-state index < -0.39 is 39.7 Å². The Hall–Kier alpha value is -3.20. The van der Waals surface area contributed by atoms with Gasteiger partial charge in [0.25, 0.3) is 0 Å². The van der Waals surface area contributed by atoms with Crippen molar-refractivity contribution in [1.82, 2.24) is 9.88 Å². The first-order valence-electron chi connectivity index (χ1n) is 18.1. The lowest BCUT2D eigenvalue weighted by atomic mass is 9.32. The Kier molecular flexibility index (Phi) is 6.61. The Labute approximate surface area is 285 Å². The molecule has 1 aromatic heterocycles. The van der Waals surface area contributed by atoms with Crippen LogP contribution in [0, 0.1) is 33.5 Å². The number of benzene rings is 2. The smallest absolute Gasteiger partial charge is 0.393 e. The van der Waals surface area contributed by atoms with Gasteiger partial charge in [0, 0.05) is 63.6 Å². The maximum Gasteiger partial charge on any atom is 0.416 e. The molecule has 2 aromatic carbocycles. The third-order valence-corrected chi connectivity index (χ3v) is 14.9. The number of hydrogen-bond donors (Lipinski definition) is 3. The minimum Gasteiger partial charge on any atom is -0.393 e. The third kappa shape index (κ3) is 4.14. The number of rotatable bonds is 4. The molecule has 1 aliphatic heterocycles. The van der Waals surface area contributed by atoms with Gasteiger partial charge in [-0.3, -0.25) is 9.69 Å². The normalized spacial score (nSPS) is 39.7. The molecule has 10 rings (SSSR count). The molecule has 3 aromatic rings. The van der Waals surface area contributed by atoms with Crippen LogP contribution < -0.4 is 0 Å². The van der Waals surface area contributed by atoms with Gasteiger partial charge in [-0.25, -0.2) is 0 Å². The highest BCUT2D eigenvalue weighted by Gasteiger charge is 2.74. The van der Waals surface area contributed by atoms with E-state index in [0.717, 1.165) is 62.8 Å². The fourth-order valence-corrected chi connectivity index (χ4v) is 12.3. The Morgan fingerprint density at radius 1 is 0.980 bits per heavy atom. The van der Waals surface area contributed by atoms with Gasteiger partial charge < -0.3 is 15.2 Å². The summed E-state index contributed by atoms with van der Waals surface area (Å²) in [7, 11) is 0. The molecule has 8 heteroatoms. The monoisotopic (exact) mass is 670 g/mol. The minimum absolute atomic E-state index is 0.0487. The van der Waals surface area contributed by atoms with Crippen LogP contribution in [0.4, 0.5) is 13.2 Å². The molecule has 3 fully saturated rings. The van der Waals surface area contributed by atoms with Crippen molar-refractivity contribution in [3.8, 4) is 0 Å². The van der Waals surface area contributed by atoms with E-state index >= 15 is 0 Å². The quantitative estimate of drug-likeness (QED) is 0.194. The van der Waals surface area contributed by atoms with E-state index in [1.165, 1.54) is 28.8 Å². The number of carbonyl (C=O) groups is 1. The second kappa shape index (κ2) is 10.2. The van der Waals surface area contributed by atoms with Crippen molar-refractivity contribution >= 4 is 16.7 Å². The van der Waals surface area contributed by atoms with Crippen molar-refractivity contribution in [2.75, 3.05) is 13.1 Å². The topological polar surface area (TPSA) is 76.6 Å². The summed E-state index contributed by atoms with van der Waals surface area (Å²) in [5, 5.41) is 25.1. The molecular formula is C41H45F3N2O3. The number of Topliss-reactive ketones (excluding diaryl/α,β-unsaturated/α-hetero) is 1. The Morgan fingerprint density at radius 2 is 1.73 bits per heavy atom. The number of fused-ring (bicyclic) bond motifs is 4. The van der Waals surface area contributed by atoms with E-state index in [1.54, 1.807) is 0 Å². The number of halogens is 3. The number of hydrogen-bond acceptors (Lipinski definition) is 4. The summed E-state index contributed by atoms with van der Waals surface area (Å²) in [6, 6.07) is 13.2. The number of aromatic amines is 1. The molecule has 0 amide bonds. The molecule has 258 valence electrons. The van der Waals surface area contributed by atoms with Gasteiger partial charge in [0.15, 0.2) is 5.78 Å². The van der Waals surface area contributed by atoms with Crippen LogP contribution in [0.3, 0.4) is 0 Å². The predicted molar refractivity (Wildman–Crippen MR) is 182 cm³/mol. The molecule has 2 spiro atoms. The third-order valence-electron chi connectivity index (χ3n) is 14.9. The number of aromatic nitrogens is 1. The van der Waals surface area contributed by atoms with Crippen molar-refractivity contribution in [3.05, 3.63) is 94.7 Å². The van der Waals surface area contributed by atoms with Crippen molar-refractivity contribution in [2.45, 2.75) is 89.6 Å². The molecule has 0 radical (unpaired) electrons. The van der Waals surface area contributed by atoms with E-state index in [2.05, 4.69) is 60.2 Å². The Balaban J connectivity index is 1.11. The maximum absolute atomic E-state index is 14.7. The second-order valence-electron chi connectivity index (χ2n) is 16.8. The molecule has 8 atom stereocenters. The van der Waals surface area contributed by atoms with Gasteiger partial charge in [0.2, 0.25) is 0 Å². The molecule has 2 bridgehead atoms. The van der Waals surface area contributed by atoms with Crippen LogP contribution >= 0.6 is 0 Å². The van der Waals surface area contributed by atoms with Gasteiger partial charge in [-0.15, -0.1) is 0 Å². The summed E-state index contributed by atoms with van der Waals surface area (Å²) in [4.78, 5) is 20.7. The van der Waals surface area contributed by atoms with Crippen LogP contribution in [-0.4, -0.2) is 50.7 Å². The summed E-state index contributed by atoms with van der Waals surface area (Å²) in [5.41, 5.74) is 0.540. The summed E-state index contributed by atoms with van der Waals surface area (Å²) in [6.07, 6.45) is 7.37. The van der Waals surface area contributed by atoms with E-state index in [9.17, 15) is 28.2 Å². The zero-order valence-electron chi connectivity index (χ0n) is 28.2. The van der Waals surface area contributed by atoms with Crippen molar-refractivity contribution < 1.29 is 28.2 Å². The number of β-amino-alcohol motifs (C(OH)–C–C–N with tert-alkyl or cyclic N) is 1. The van der Waals surface area contributed by atoms with Crippen LogP contribution in [0.15, 0.2) is 72.3 Å². The lowest BCUT2D eigenvalue weighted by Gasteiger charge is -2.71. The van der Waals surface area contributed by atoms with Crippen LogP contribution in [0.2, 0.25) is 0 Å². The number of carbonyl (C=O) groups excluding carboxylic acids is 1. The van der Waals surface area contributed by atoms with E-state index in [4.69, 9.17) is 0 Å². The molecule has 7 aliphatic rings. The lowest BCUT2D eigenvalue weighted by molar-refractivity contribution is -0.176. The first kappa shape index (κ1) is 31.8. The molecule has 3 saturated carbocycles. The molecule has 3 N–H and O–H groups in total. The number of ketones is 1. The SMILES string of the molecule is C[C@]12CC[C@H]3[C@]4(C=C[C@@]5(C=C4C(=O)c4cccc(C(F)(F)F)c4)CC(O)CC[C@]35C)[C@@H]1CC[C@@]2(O)CN1CCc2c([nH]c3ccccc23)C1. The van der Waals surface area contributed by atoms with Crippen molar-refractivity contribution in [2.24, 2.45) is 33.5 Å². The largest absolute Gasteiger partial charge is 0.416 e.